The summed E-state index contributed by atoms with van der Waals surface area (Å²) in [4.78, 5) is 8.71. The van der Waals surface area contributed by atoms with Gasteiger partial charge in [0.2, 0.25) is 0 Å². The highest BCUT2D eigenvalue weighted by molar-refractivity contribution is 7.15. The summed E-state index contributed by atoms with van der Waals surface area (Å²) < 4.78 is 5.61. The maximum atomic E-state index is 5.61. The molecule has 1 aromatic heterocycles. The molecule has 1 N–H and O–H groups in total. The van der Waals surface area contributed by atoms with Crippen molar-refractivity contribution in [2.75, 3.05) is 31.2 Å². The van der Waals surface area contributed by atoms with E-state index in [0.717, 1.165) is 38.0 Å². The summed E-state index contributed by atoms with van der Waals surface area (Å²) in [6.07, 6.45) is 0. The van der Waals surface area contributed by atoms with Crippen LogP contribution in [0.4, 0.5) is 5.13 Å². The third-order valence-corrected chi connectivity index (χ3v) is 4.77. The van der Waals surface area contributed by atoms with E-state index in [1.54, 1.807) is 0 Å². The first kappa shape index (κ1) is 15.7. The molecule has 0 aromatic carbocycles. The standard InChI is InChI=1S/C15H27N3OS/c1-6-16-9-12-13(11(2)3)17-14(20-12)18-7-8-19-10-15(18,4)5/h11,16H,6-10H2,1-5H3. The summed E-state index contributed by atoms with van der Waals surface area (Å²) in [5.41, 5.74) is 1.27. The molecule has 0 bridgehead atoms. The van der Waals surface area contributed by atoms with Crippen LogP contribution in [0, 0.1) is 0 Å². The first-order valence-corrected chi connectivity index (χ1v) is 8.33. The molecule has 1 fully saturated rings. The highest BCUT2D eigenvalue weighted by Gasteiger charge is 2.33. The van der Waals surface area contributed by atoms with Crippen molar-refractivity contribution >= 4 is 16.5 Å². The lowest BCUT2D eigenvalue weighted by atomic mass is 10.0. The van der Waals surface area contributed by atoms with Crippen LogP contribution in [-0.4, -0.2) is 36.8 Å². The van der Waals surface area contributed by atoms with E-state index in [9.17, 15) is 0 Å². The summed E-state index contributed by atoms with van der Waals surface area (Å²) in [6.45, 7) is 15.5. The van der Waals surface area contributed by atoms with E-state index < -0.39 is 0 Å². The molecular formula is C15H27N3OS. The van der Waals surface area contributed by atoms with Gasteiger partial charge in [0.25, 0.3) is 0 Å². The third kappa shape index (κ3) is 3.32. The summed E-state index contributed by atoms with van der Waals surface area (Å²) in [5.74, 6) is 0.470. The molecule has 20 heavy (non-hydrogen) atoms. The molecule has 114 valence electrons. The Bertz CT molecular complexity index is 442. The van der Waals surface area contributed by atoms with Crippen molar-refractivity contribution in [1.29, 1.82) is 0 Å². The molecule has 5 heteroatoms. The van der Waals surface area contributed by atoms with Crippen molar-refractivity contribution in [3.63, 3.8) is 0 Å². The average Bonchev–Trinajstić information content (AvgIpc) is 2.79. The van der Waals surface area contributed by atoms with Crippen molar-refractivity contribution < 1.29 is 4.74 Å². The van der Waals surface area contributed by atoms with Gasteiger partial charge in [-0.3, -0.25) is 0 Å². The fraction of sp³-hybridized carbons (Fsp3) is 0.800. The quantitative estimate of drug-likeness (QED) is 0.906. The molecule has 1 aliphatic heterocycles. The van der Waals surface area contributed by atoms with Gasteiger partial charge < -0.3 is 15.0 Å². The number of ether oxygens (including phenoxy) is 1. The minimum Gasteiger partial charge on any atom is -0.377 e. The van der Waals surface area contributed by atoms with Crippen molar-refractivity contribution in [1.82, 2.24) is 10.3 Å². The van der Waals surface area contributed by atoms with Crippen LogP contribution in [0.3, 0.4) is 0 Å². The van der Waals surface area contributed by atoms with Crippen LogP contribution in [0.15, 0.2) is 0 Å². The monoisotopic (exact) mass is 297 g/mol. The topological polar surface area (TPSA) is 37.4 Å². The van der Waals surface area contributed by atoms with Gasteiger partial charge in [0.1, 0.15) is 0 Å². The second kappa shape index (κ2) is 6.41. The molecular weight excluding hydrogens is 270 g/mol. The second-order valence-corrected chi connectivity index (χ2v) is 7.32. The third-order valence-electron chi connectivity index (χ3n) is 3.67. The van der Waals surface area contributed by atoms with E-state index in [4.69, 9.17) is 9.72 Å². The molecule has 0 saturated carbocycles. The SMILES string of the molecule is CCNCc1sc(N2CCOCC2(C)C)nc1C(C)C. The van der Waals surface area contributed by atoms with Crippen LogP contribution in [0.25, 0.3) is 0 Å². The van der Waals surface area contributed by atoms with Gasteiger partial charge in [-0.05, 0) is 26.3 Å². The van der Waals surface area contributed by atoms with Crippen LogP contribution in [-0.2, 0) is 11.3 Å². The zero-order chi connectivity index (χ0) is 14.8. The van der Waals surface area contributed by atoms with Gasteiger partial charge in [0.15, 0.2) is 5.13 Å². The summed E-state index contributed by atoms with van der Waals surface area (Å²) in [5, 5.41) is 4.57. The summed E-state index contributed by atoms with van der Waals surface area (Å²) >= 11 is 1.83. The molecule has 2 heterocycles. The first-order chi connectivity index (χ1) is 9.45. The molecule has 0 radical (unpaired) electrons. The lowest BCUT2D eigenvalue weighted by molar-refractivity contribution is 0.0643. The fourth-order valence-corrected chi connectivity index (χ4v) is 3.87. The lowest BCUT2D eigenvalue weighted by Crippen LogP contribution is -2.53. The van der Waals surface area contributed by atoms with E-state index >= 15 is 0 Å². The van der Waals surface area contributed by atoms with Crippen LogP contribution in [0.1, 0.15) is 51.1 Å². The Balaban J connectivity index is 2.27. The highest BCUT2D eigenvalue weighted by Crippen LogP contribution is 2.35. The number of hydrogen-bond acceptors (Lipinski definition) is 5. The number of anilines is 1. The Morgan fingerprint density at radius 1 is 1.45 bits per heavy atom. The molecule has 0 aliphatic carbocycles. The zero-order valence-electron chi connectivity index (χ0n) is 13.3. The average molecular weight is 297 g/mol. The maximum absolute atomic E-state index is 5.61. The smallest absolute Gasteiger partial charge is 0.186 e. The van der Waals surface area contributed by atoms with Crippen molar-refractivity contribution in [2.24, 2.45) is 0 Å². The van der Waals surface area contributed by atoms with Crippen molar-refractivity contribution in [2.45, 2.75) is 52.6 Å². The number of morpholine rings is 1. The van der Waals surface area contributed by atoms with Gasteiger partial charge in [-0.15, -0.1) is 11.3 Å². The Hall–Kier alpha value is -0.650. The number of nitrogens with one attached hydrogen (secondary N) is 1. The molecule has 0 atom stereocenters. The van der Waals surface area contributed by atoms with Crippen molar-refractivity contribution in [3.8, 4) is 0 Å². The van der Waals surface area contributed by atoms with Crippen LogP contribution in [0.2, 0.25) is 0 Å². The molecule has 2 rings (SSSR count). The summed E-state index contributed by atoms with van der Waals surface area (Å²) in [7, 11) is 0. The van der Waals surface area contributed by atoms with Crippen LogP contribution >= 0.6 is 11.3 Å². The molecule has 0 unspecified atom stereocenters. The number of rotatable bonds is 5. The van der Waals surface area contributed by atoms with Gasteiger partial charge in [0, 0.05) is 18.0 Å². The van der Waals surface area contributed by atoms with E-state index in [0.29, 0.717) is 5.92 Å². The molecule has 0 amide bonds. The predicted octanol–water partition coefficient (Wildman–Crippen LogP) is 2.99. The normalized spacial score (nSPS) is 18.8. The predicted molar refractivity (Wildman–Crippen MR) is 85.8 cm³/mol. The highest BCUT2D eigenvalue weighted by atomic mass is 32.1. The first-order valence-electron chi connectivity index (χ1n) is 7.51. The molecule has 1 aromatic rings. The van der Waals surface area contributed by atoms with E-state index in [1.165, 1.54) is 10.6 Å². The van der Waals surface area contributed by atoms with Gasteiger partial charge in [0.05, 0.1) is 24.4 Å². The number of hydrogen-bond donors (Lipinski definition) is 1. The van der Waals surface area contributed by atoms with E-state index in [2.05, 4.69) is 44.8 Å². The lowest BCUT2D eigenvalue weighted by Gasteiger charge is -2.42. The van der Waals surface area contributed by atoms with E-state index in [-0.39, 0.29) is 5.54 Å². The number of aromatic nitrogens is 1. The molecule has 1 saturated heterocycles. The minimum atomic E-state index is 0.0276. The Morgan fingerprint density at radius 3 is 2.80 bits per heavy atom. The number of thiazole rings is 1. The van der Waals surface area contributed by atoms with E-state index in [1.807, 2.05) is 11.3 Å². The van der Waals surface area contributed by atoms with Crippen LogP contribution in [0.5, 0.6) is 0 Å². The van der Waals surface area contributed by atoms with Gasteiger partial charge in [-0.25, -0.2) is 4.98 Å². The van der Waals surface area contributed by atoms with Crippen molar-refractivity contribution in [3.05, 3.63) is 10.6 Å². The molecule has 1 aliphatic rings. The Labute approximate surface area is 126 Å². The van der Waals surface area contributed by atoms with Gasteiger partial charge in [-0.2, -0.15) is 0 Å². The maximum Gasteiger partial charge on any atom is 0.186 e. The van der Waals surface area contributed by atoms with Crippen LogP contribution < -0.4 is 10.2 Å². The van der Waals surface area contributed by atoms with Gasteiger partial charge >= 0.3 is 0 Å². The number of nitrogens with zero attached hydrogens (tertiary/aromatic N) is 2. The zero-order valence-corrected chi connectivity index (χ0v) is 14.1. The Morgan fingerprint density at radius 2 is 2.20 bits per heavy atom. The molecule has 0 spiro atoms. The van der Waals surface area contributed by atoms with Gasteiger partial charge in [-0.1, -0.05) is 20.8 Å². The Kier molecular flexibility index (Phi) is 5.04. The second-order valence-electron chi connectivity index (χ2n) is 6.26. The minimum absolute atomic E-state index is 0.0276. The fourth-order valence-electron chi connectivity index (χ4n) is 2.50. The largest absolute Gasteiger partial charge is 0.377 e. The molecule has 4 nitrogen and oxygen atoms in total. The summed E-state index contributed by atoms with van der Waals surface area (Å²) in [6, 6.07) is 0.